The molecule has 0 amide bonds. The maximum atomic E-state index is 11.3. The first-order valence-electron chi connectivity index (χ1n) is 5.80. The first-order valence-corrected chi connectivity index (χ1v) is 11.2. The lowest BCUT2D eigenvalue weighted by Gasteiger charge is -2.24. The van der Waals surface area contributed by atoms with Crippen molar-refractivity contribution in [2.24, 2.45) is 5.41 Å². The van der Waals surface area contributed by atoms with Crippen molar-refractivity contribution in [3.05, 3.63) is 0 Å². The van der Waals surface area contributed by atoms with Crippen LogP contribution in [0.3, 0.4) is 0 Å². The Balaban J connectivity index is 2.85. The maximum Gasteiger partial charge on any atom is 0.264 e. The summed E-state index contributed by atoms with van der Waals surface area (Å²) < 4.78 is 80.7. The second kappa shape index (κ2) is 6.08. The van der Waals surface area contributed by atoms with Gasteiger partial charge in [0.2, 0.25) is 0 Å². The van der Waals surface area contributed by atoms with E-state index in [9.17, 15) is 25.3 Å². The number of hydrogen-bond donors (Lipinski definition) is 0. The van der Waals surface area contributed by atoms with E-state index in [1.807, 2.05) is 0 Å². The molecule has 0 aromatic carbocycles. The fraction of sp³-hybridized carbons (Fsp3) is 1.00. The average Bonchev–Trinajstić information content (AvgIpc) is 2.98. The van der Waals surface area contributed by atoms with Gasteiger partial charge < -0.3 is 0 Å². The summed E-state index contributed by atoms with van der Waals surface area (Å²) in [5.74, 6) is 0. The largest absolute Gasteiger partial charge is 0.270 e. The van der Waals surface area contributed by atoms with Crippen LogP contribution in [0.5, 0.6) is 0 Å². The molecule has 9 nitrogen and oxygen atoms in total. The lowest BCUT2D eigenvalue weighted by molar-refractivity contribution is 0.0495. The van der Waals surface area contributed by atoms with Gasteiger partial charge in [0.05, 0.1) is 32.0 Å². The lowest BCUT2D eigenvalue weighted by Crippen LogP contribution is -2.36. The van der Waals surface area contributed by atoms with Crippen LogP contribution in [-0.4, -0.2) is 63.3 Å². The summed E-state index contributed by atoms with van der Waals surface area (Å²) in [5, 5.41) is 0. The first-order chi connectivity index (χ1) is 9.23. The lowest BCUT2D eigenvalue weighted by atomic mass is 10.0. The quantitative estimate of drug-likeness (QED) is 0.475. The molecule has 1 rings (SSSR count). The van der Waals surface area contributed by atoms with E-state index in [-0.39, 0.29) is 6.61 Å². The Morgan fingerprint density at radius 3 is 1.67 bits per heavy atom. The molecule has 1 unspecified atom stereocenters. The fourth-order valence-electron chi connectivity index (χ4n) is 1.65. The minimum absolute atomic E-state index is 0.293. The van der Waals surface area contributed by atoms with Crippen LogP contribution >= 0.6 is 0 Å². The topological polar surface area (TPSA) is 130 Å². The maximum absolute atomic E-state index is 11.3. The van der Waals surface area contributed by atoms with Crippen LogP contribution in [0.2, 0.25) is 0 Å². The van der Waals surface area contributed by atoms with E-state index in [1.165, 1.54) is 0 Å². The molecule has 1 aliphatic carbocycles. The van der Waals surface area contributed by atoms with Crippen molar-refractivity contribution in [3.63, 3.8) is 0 Å². The third-order valence-corrected chi connectivity index (χ3v) is 4.55. The third-order valence-electron chi connectivity index (χ3n) is 2.86. The highest BCUT2D eigenvalue weighted by Crippen LogP contribution is 2.51. The van der Waals surface area contributed by atoms with Crippen LogP contribution in [0.15, 0.2) is 0 Å². The Kier molecular flexibility index (Phi) is 5.44. The molecule has 12 heteroatoms. The summed E-state index contributed by atoms with van der Waals surface area (Å²) in [7, 11) is -11.4. The predicted octanol–water partition coefficient (Wildman–Crippen LogP) is -0.936. The summed E-state index contributed by atoms with van der Waals surface area (Å²) in [6.07, 6.45) is 2.24. The number of hydrogen-bond acceptors (Lipinski definition) is 9. The van der Waals surface area contributed by atoms with E-state index in [2.05, 4.69) is 8.37 Å². The molecule has 0 radical (unpaired) electrons. The Morgan fingerprint density at radius 1 is 0.857 bits per heavy atom. The monoisotopic (exact) mass is 366 g/mol. The van der Waals surface area contributed by atoms with Crippen LogP contribution in [0.25, 0.3) is 0 Å². The predicted molar refractivity (Wildman–Crippen MR) is 73.0 cm³/mol. The van der Waals surface area contributed by atoms with Crippen molar-refractivity contribution in [1.29, 1.82) is 0 Å². The zero-order valence-corrected chi connectivity index (χ0v) is 14.3. The van der Waals surface area contributed by atoms with Gasteiger partial charge >= 0.3 is 0 Å². The van der Waals surface area contributed by atoms with E-state index in [4.69, 9.17) is 4.18 Å². The summed E-state index contributed by atoms with van der Waals surface area (Å²) in [6, 6.07) is 0. The molecule has 0 aromatic rings. The van der Waals surface area contributed by atoms with Crippen LogP contribution in [-0.2, 0) is 42.9 Å². The number of rotatable bonds is 9. The van der Waals surface area contributed by atoms with Crippen molar-refractivity contribution in [2.75, 3.05) is 32.0 Å². The standard InChI is InChI=1S/C9H18O9S3/c1-19(10,11)16-6-8(18-21(3,14)15)9(4-5-9)7-17-20(2,12)13/h8H,4-7H2,1-3H3. The Hall–Kier alpha value is -0.270. The molecule has 0 N–H and O–H groups in total. The van der Waals surface area contributed by atoms with E-state index in [0.29, 0.717) is 12.8 Å². The minimum atomic E-state index is -3.87. The molecule has 1 fully saturated rings. The molecule has 0 aromatic heterocycles. The van der Waals surface area contributed by atoms with Crippen molar-refractivity contribution < 1.29 is 37.8 Å². The highest BCUT2D eigenvalue weighted by Gasteiger charge is 2.53. The molecule has 0 bridgehead atoms. The molecule has 0 aliphatic heterocycles. The SMILES string of the molecule is CS(=O)(=O)OCC(OS(C)(=O)=O)C1(COS(C)(=O)=O)CC1. The van der Waals surface area contributed by atoms with E-state index < -0.39 is 48.5 Å². The van der Waals surface area contributed by atoms with E-state index in [1.54, 1.807) is 0 Å². The molecule has 21 heavy (non-hydrogen) atoms. The summed E-state index contributed by atoms with van der Waals surface area (Å²) >= 11 is 0. The molecule has 1 atom stereocenters. The Labute approximate surface area is 124 Å². The molecule has 1 saturated carbocycles. The summed E-state index contributed by atoms with van der Waals surface area (Å²) in [6.45, 7) is -0.821. The van der Waals surface area contributed by atoms with Crippen molar-refractivity contribution in [2.45, 2.75) is 18.9 Å². The highest BCUT2D eigenvalue weighted by molar-refractivity contribution is 7.86. The second-order valence-corrected chi connectivity index (χ2v) is 9.99. The molecule has 0 spiro atoms. The average molecular weight is 366 g/mol. The zero-order valence-electron chi connectivity index (χ0n) is 11.8. The van der Waals surface area contributed by atoms with Gasteiger partial charge in [-0.1, -0.05) is 0 Å². The van der Waals surface area contributed by atoms with Crippen molar-refractivity contribution >= 4 is 30.4 Å². The van der Waals surface area contributed by atoms with Crippen LogP contribution in [0.4, 0.5) is 0 Å². The Bertz CT molecular complexity index is 670. The van der Waals surface area contributed by atoms with Gasteiger partial charge in [0, 0.05) is 5.41 Å². The highest BCUT2D eigenvalue weighted by atomic mass is 32.2. The molecular formula is C9H18O9S3. The molecule has 0 saturated heterocycles. The summed E-state index contributed by atoms with van der Waals surface area (Å²) in [5.41, 5.74) is -0.892. The normalized spacial score (nSPS) is 20.1. The Morgan fingerprint density at radius 2 is 1.33 bits per heavy atom. The van der Waals surface area contributed by atoms with Gasteiger partial charge in [0.1, 0.15) is 6.10 Å². The van der Waals surface area contributed by atoms with Crippen LogP contribution < -0.4 is 0 Å². The molecular weight excluding hydrogens is 348 g/mol. The van der Waals surface area contributed by atoms with Gasteiger partial charge in [-0.25, -0.2) is 0 Å². The van der Waals surface area contributed by atoms with E-state index >= 15 is 0 Å². The molecule has 126 valence electrons. The smallest absolute Gasteiger partial charge is 0.264 e. The van der Waals surface area contributed by atoms with Gasteiger partial charge in [-0.3, -0.25) is 12.5 Å². The van der Waals surface area contributed by atoms with Gasteiger partial charge in [-0.05, 0) is 12.8 Å². The van der Waals surface area contributed by atoms with Gasteiger partial charge in [-0.15, -0.1) is 0 Å². The first kappa shape index (κ1) is 18.8. The van der Waals surface area contributed by atoms with Gasteiger partial charge in [0.15, 0.2) is 0 Å². The minimum Gasteiger partial charge on any atom is -0.270 e. The zero-order chi connectivity index (χ0) is 16.5. The summed E-state index contributed by atoms with van der Waals surface area (Å²) in [4.78, 5) is 0. The van der Waals surface area contributed by atoms with E-state index in [0.717, 1.165) is 18.8 Å². The van der Waals surface area contributed by atoms with Crippen molar-refractivity contribution in [1.82, 2.24) is 0 Å². The molecule has 0 heterocycles. The third kappa shape index (κ3) is 7.51. The molecule has 1 aliphatic rings. The van der Waals surface area contributed by atoms with Crippen LogP contribution in [0.1, 0.15) is 12.8 Å². The van der Waals surface area contributed by atoms with Gasteiger partial charge in [0.25, 0.3) is 30.4 Å². The fourth-order valence-corrected chi connectivity index (χ4v) is 3.15. The van der Waals surface area contributed by atoms with Gasteiger partial charge in [-0.2, -0.15) is 25.3 Å². The second-order valence-electron chi connectivity index (χ2n) is 5.11. The van der Waals surface area contributed by atoms with Crippen molar-refractivity contribution in [3.8, 4) is 0 Å². The van der Waals surface area contributed by atoms with Crippen LogP contribution in [0, 0.1) is 5.41 Å².